The lowest BCUT2D eigenvalue weighted by molar-refractivity contribution is 0.0996. The molecule has 0 saturated heterocycles. The zero-order valence-electron chi connectivity index (χ0n) is 16.5. The Morgan fingerprint density at radius 3 is 2.72 bits per heavy atom. The first kappa shape index (κ1) is 19.6. The second-order valence-corrected chi connectivity index (χ2v) is 8.08. The van der Waals surface area contributed by atoms with Gasteiger partial charge in [0.15, 0.2) is 0 Å². The van der Waals surface area contributed by atoms with Gasteiger partial charge >= 0.3 is 0 Å². The van der Waals surface area contributed by atoms with Gasteiger partial charge in [-0.05, 0) is 59.5 Å². The molecule has 0 aliphatic heterocycles. The van der Waals surface area contributed by atoms with E-state index in [-0.39, 0.29) is 11.7 Å². The highest BCUT2D eigenvalue weighted by Crippen LogP contribution is 2.31. The molecule has 1 N–H and O–H groups in total. The molecule has 7 heteroatoms. The van der Waals surface area contributed by atoms with Crippen molar-refractivity contribution in [3.8, 4) is 11.5 Å². The molecule has 1 aliphatic rings. The topological polar surface area (TPSA) is 71.3 Å². The van der Waals surface area contributed by atoms with Crippen LogP contribution < -0.4 is 10.2 Å². The van der Waals surface area contributed by atoms with E-state index in [4.69, 9.17) is 4.42 Å². The average Bonchev–Trinajstić information content (AvgIpc) is 3.49. The van der Waals surface area contributed by atoms with Crippen LogP contribution in [0.15, 0.2) is 51.5 Å². The van der Waals surface area contributed by atoms with Crippen LogP contribution in [0.1, 0.15) is 42.4 Å². The number of pyridine rings is 1. The van der Waals surface area contributed by atoms with E-state index in [9.17, 15) is 4.79 Å². The number of nitrogens with one attached hydrogen (secondary N) is 1. The Morgan fingerprint density at radius 1 is 1.28 bits per heavy atom. The Kier molecular flexibility index (Phi) is 5.67. The number of hydrogen-bond donors (Lipinski definition) is 1. The molecule has 1 aliphatic carbocycles. The summed E-state index contributed by atoms with van der Waals surface area (Å²) in [6, 6.07) is 12.0. The molecular formula is C22H23BrN4O2. The van der Waals surface area contributed by atoms with Crippen LogP contribution in [-0.2, 0) is 6.42 Å². The molecule has 1 fully saturated rings. The van der Waals surface area contributed by atoms with Crippen molar-refractivity contribution < 1.29 is 9.21 Å². The van der Waals surface area contributed by atoms with Gasteiger partial charge in [-0.25, -0.2) is 9.97 Å². The Labute approximate surface area is 178 Å². The Bertz CT molecular complexity index is 1010. The number of aryl methyl sites for hydroxylation is 1. The number of benzene rings is 1. The standard InChI is InChI=1S/C22H23BrN4O2/c1-3-6-18-20(29-22(26-18)16-7-4-5-8-17(16)23)21(28)25-14-9-12-19(24-13-14)27(2)15-10-11-15/h4-5,7-9,12-13,15H,3,6,10-11H2,1-2H3,(H,25,28). The minimum Gasteiger partial charge on any atom is -0.431 e. The summed E-state index contributed by atoms with van der Waals surface area (Å²) < 4.78 is 6.76. The molecule has 4 rings (SSSR count). The first-order valence-electron chi connectivity index (χ1n) is 9.81. The van der Waals surface area contributed by atoms with Crippen molar-refractivity contribution in [2.75, 3.05) is 17.3 Å². The zero-order valence-corrected chi connectivity index (χ0v) is 18.1. The number of hydrogen-bond acceptors (Lipinski definition) is 5. The fourth-order valence-electron chi connectivity index (χ4n) is 3.19. The molecule has 1 saturated carbocycles. The normalized spacial score (nSPS) is 13.3. The van der Waals surface area contributed by atoms with Crippen LogP contribution in [0, 0.1) is 0 Å². The van der Waals surface area contributed by atoms with Crippen molar-refractivity contribution in [2.45, 2.75) is 38.6 Å². The summed E-state index contributed by atoms with van der Waals surface area (Å²) in [5.41, 5.74) is 2.11. The first-order valence-corrected chi connectivity index (χ1v) is 10.6. The molecule has 1 aromatic carbocycles. The highest BCUT2D eigenvalue weighted by atomic mass is 79.9. The second kappa shape index (κ2) is 8.37. The van der Waals surface area contributed by atoms with Gasteiger partial charge in [0.05, 0.1) is 23.1 Å². The molecule has 150 valence electrons. The summed E-state index contributed by atoms with van der Waals surface area (Å²) in [7, 11) is 2.05. The molecule has 3 aromatic rings. The van der Waals surface area contributed by atoms with Crippen LogP contribution >= 0.6 is 15.9 Å². The maximum absolute atomic E-state index is 12.9. The van der Waals surface area contributed by atoms with Gasteiger partial charge in [0, 0.05) is 17.6 Å². The van der Waals surface area contributed by atoms with Crippen LogP contribution in [0.5, 0.6) is 0 Å². The highest BCUT2D eigenvalue weighted by Gasteiger charge is 2.27. The minimum atomic E-state index is -0.315. The molecule has 0 atom stereocenters. The summed E-state index contributed by atoms with van der Waals surface area (Å²) in [6.07, 6.45) is 5.63. The SMILES string of the molecule is CCCc1nc(-c2ccccc2Br)oc1C(=O)Nc1ccc(N(C)C2CC2)nc1. The van der Waals surface area contributed by atoms with Crippen molar-refractivity contribution >= 4 is 33.3 Å². The van der Waals surface area contributed by atoms with Gasteiger partial charge in [-0.15, -0.1) is 0 Å². The molecule has 0 spiro atoms. The van der Waals surface area contributed by atoms with Gasteiger partial charge in [0.1, 0.15) is 5.82 Å². The number of amides is 1. The molecule has 1 amide bonds. The number of rotatable bonds is 7. The average molecular weight is 455 g/mol. The van der Waals surface area contributed by atoms with Gasteiger partial charge in [-0.1, -0.05) is 25.5 Å². The molecule has 2 aromatic heterocycles. The zero-order chi connectivity index (χ0) is 20.4. The number of halogens is 1. The maximum atomic E-state index is 12.9. The van der Waals surface area contributed by atoms with Gasteiger partial charge < -0.3 is 14.6 Å². The molecule has 29 heavy (non-hydrogen) atoms. The number of nitrogens with zero attached hydrogens (tertiary/aromatic N) is 3. The third-order valence-electron chi connectivity index (χ3n) is 4.96. The number of oxazole rings is 1. The second-order valence-electron chi connectivity index (χ2n) is 7.23. The summed E-state index contributed by atoms with van der Waals surface area (Å²) >= 11 is 3.52. The molecule has 0 unspecified atom stereocenters. The fourth-order valence-corrected chi connectivity index (χ4v) is 3.65. The lowest BCUT2D eigenvalue weighted by atomic mass is 10.2. The van der Waals surface area contributed by atoms with E-state index < -0.39 is 0 Å². The van der Waals surface area contributed by atoms with Crippen LogP contribution in [-0.4, -0.2) is 29.0 Å². The highest BCUT2D eigenvalue weighted by molar-refractivity contribution is 9.10. The van der Waals surface area contributed by atoms with Crippen molar-refractivity contribution in [1.82, 2.24) is 9.97 Å². The van der Waals surface area contributed by atoms with Crippen molar-refractivity contribution in [1.29, 1.82) is 0 Å². The van der Waals surface area contributed by atoms with Gasteiger partial charge in [0.25, 0.3) is 5.91 Å². The van der Waals surface area contributed by atoms with E-state index in [1.165, 1.54) is 12.8 Å². The third-order valence-corrected chi connectivity index (χ3v) is 5.65. The monoisotopic (exact) mass is 454 g/mol. The molecule has 6 nitrogen and oxygen atoms in total. The summed E-state index contributed by atoms with van der Waals surface area (Å²) in [5.74, 6) is 1.28. The smallest absolute Gasteiger partial charge is 0.293 e. The Morgan fingerprint density at radius 2 is 2.07 bits per heavy atom. The molecule has 2 heterocycles. The van der Waals surface area contributed by atoms with Crippen molar-refractivity contribution in [2.24, 2.45) is 0 Å². The summed E-state index contributed by atoms with van der Waals surface area (Å²) in [6.45, 7) is 2.05. The van der Waals surface area contributed by atoms with Crippen LogP contribution in [0.3, 0.4) is 0 Å². The predicted molar refractivity (Wildman–Crippen MR) is 117 cm³/mol. The molecular weight excluding hydrogens is 432 g/mol. The van der Waals surface area contributed by atoms with Gasteiger partial charge in [-0.2, -0.15) is 0 Å². The van der Waals surface area contributed by atoms with E-state index >= 15 is 0 Å². The van der Waals surface area contributed by atoms with E-state index in [2.05, 4.69) is 36.1 Å². The first-order chi connectivity index (χ1) is 14.1. The largest absolute Gasteiger partial charge is 0.431 e. The quantitative estimate of drug-likeness (QED) is 0.524. The number of aromatic nitrogens is 2. The summed E-state index contributed by atoms with van der Waals surface area (Å²) in [4.78, 5) is 24.1. The third kappa shape index (κ3) is 4.34. The number of carbonyl (C=O) groups excluding carboxylic acids is 1. The fraction of sp³-hybridized carbons (Fsp3) is 0.318. The molecule has 0 bridgehead atoms. The van der Waals surface area contributed by atoms with Crippen LogP contribution in [0.25, 0.3) is 11.5 Å². The van der Waals surface area contributed by atoms with E-state index in [0.717, 1.165) is 22.3 Å². The Hall–Kier alpha value is -2.67. The van der Waals surface area contributed by atoms with E-state index in [1.807, 2.05) is 50.4 Å². The van der Waals surface area contributed by atoms with Gasteiger partial charge in [-0.3, -0.25) is 4.79 Å². The number of carbonyl (C=O) groups is 1. The van der Waals surface area contributed by atoms with E-state index in [0.29, 0.717) is 29.7 Å². The lowest BCUT2D eigenvalue weighted by Crippen LogP contribution is -2.20. The van der Waals surface area contributed by atoms with E-state index in [1.54, 1.807) is 6.20 Å². The van der Waals surface area contributed by atoms with Crippen molar-refractivity contribution in [3.05, 3.63) is 58.5 Å². The maximum Gasteiger partial charge on any atom is 0.293 e. The summed E-state index contributed by atoms with van der Waals surface area (Å²) in [5, 5.41) is 2.88. The van der Waals surface area contributed by atoms with Crippen LogP contribution in [0.2, 0.25) is 0 Å². The van der Waals surface area contributed by atoms with Crippen molar-refractivity contribution in [3.63, 3.8) is 0 Å². The minimum absolute atomic E-state index is 0.247. The lowest BCUT2D eigenvalue weighted by Gasteiger charge is -2.17. The van der Waals surface area contributed by atoms with Crippen LogP contribution in [0.4, 0.5) is 11.5 Å². The predicted octanol–water partition coefficient (Wildman–Crippen LogP) is 5.30. The van der Waals surface area contributed by atoms with Gasteiger partial charge in [0.2, 0.25) is 11.7 Å². The Balaban J connectivity index is 1.55. The molecule has 0 radical (unpaired) electrons. The number of anilines is 2.